The lowest BCUT2D eigenvalue weighted by Crippen LogP contribution is -2.55. The van der Waals surface area contributed by atoms with Gasteiger partial charge in [0.05, 0.1) is 0 Å². The molecule has 39 heavy (non-hydrogen) atoms. The molecule has 0 unspecified atom stereocenters. The van der Waals surface area contributed by atoms with Gasteiger partial charge in [-0.25, -0.2) is 4.98 Å². The van der Waals surface area contributed by atoms with E-state index in [0.717, 1.165) is 50.7 Å². The van der Waals surface area contributed by atoms with Crippen molar-refractivity contribution in [2.45, 2.75) is 78.1 Å². The van der Waals surface area contributed by atoms with Crippen LogP contribution < -0.4 is 10.5 Å². The van der Waals surface area contributed by atoms with E-state index in [9.17, 15) is 18.0 Å². The van der Waals surface area contributed by atoms with E-state index in [1.807, 2.05) is 4.90 Å². The molecule has 1 aliphatic rings. The first kappa shape index (κ1) is 31.9. The molecule has 0 aliphatic heterocycles. The summed E-state index contributed by atoms with van der Waals surface area (Å²) in [5.74, 6) is -0.985. The normalized spacial score (nSPS) is 18.9. The van der Waals surface area contributed by atoms with Gasteiger partial charge in [0.15, 0.2) is 11.6 Å². The highest BCUT2D eigenvalue weighted by Crippen LogP contribution is 2.50. The molecule has 0 atom stereocenters. The number of rotatable bonds is 15. The van der Waals surface area contributed by atoms with Crippen molar-refractivity contribution in [2.75, 3.05) is 18.9 Å². The molecule has 1 saturated carbocycles. The fraction of sp³-hybridized carbons (Fsp3) is 0.500. The lowest BCUT2D eigenvalue weighted by molar-refractivity contribution is -0.274. The van der Waals surface area contributed by atoms with Gasteiger partial charge < -0.3 is 20.1 Å². The highest BCUT2D eigenvalue weighted by atomic mass is 19.4. The molecule has 6 nitrogen and oxygen atoms in total. The molecule has 214 valence electrons. The van der Waals surface area contributed by atoms with E-state index in [2.05, 4.69) is 42.5 Å². The van der Waals surface area contributed by atoms with E-state index in [4.69, 9.17) is 10.5 Å². The minimum atomic E-state index is -4.91. The average Bonchev–Trinajstić information content (AvgIpc) is 2.86. The summed E-state index contributed by atoms with van der Waals surface area (Å²) in [5.41, 5.74) is 10.7. The summed E-state index contributed by atoms with van der Waals surface area (Å²) in [6.07, 6.45) is 6.13. The zero-order chi connectivity index (χ0) is 29.2. The van der Waals surface area contributed by atoms with Gasteiger partial charge in [0.2, 0.25) is 5.78 Å². The van der Waals surface area contributed by atoms with Crippen molar-refractivity contribution >= 4 is 17.2 Å². The summed E-state index contributed by atoms with van der Waals surface area (Å²) < 4.78 is 48.2. The molecule has 0 radical (unpaired) electrons. The predicted octanol–water partition coefficient (Wildman–Crippen LogP) is 7.36. The van der Waals surface area contributed by atoms with Crippen molar-refractivity contribution in [3.63, 3.8) is 0 Å². The molecule has 0 amide bonds. The zero-order valence-electron chi connectivity index (χ0n) is 23.4. The van der Waals surface area contributed by atoms with Crippen LogP contribution in [-0.2, 0) is 9.53 Å². The predicted molar refractivity (Wildman–Crippen MR) is 149 cm³/mol. The average molecular weight is 548 g/mol. The van der Waals surface area contributed by atoms with Crippen molar-refractivity contribution < 1.29 is 27.4 Å². The van der Waals surface area contributed by atoms with Crippen LogP contribution in [0.25, 0.3) is 5.57 Å². The number of anilines is 1. The molecule has 2 N–H and O–H groups in total. The second kappa shape index (κ2) is 14.2. The van der Waals surface area contributed by atoms with E-state index in [-0.39, 0.29) is 17.5 Å². The van der Waals surface area contributed by atoms with E-state index >= 15 is 0 Å². The maximum atomic E-state index is 12.9. The van der Waals surface area contributed by atoms with Crippen LogP contribution in [0.15, 0.2) is 60.8 Å². The number of hydrogen-bond donors (Lipinski definition) is 1. The highest BCUT2D eigenvalue weighted by molar-refractivity contribution is 6.03. The number of halogens is 3. The van der Waals surface area contributed by atoms with Gasteiger partial charge in [-0.1, -0.05) is 38.3 Å². The second-order valence-corrected chi connectivity index (χ2v) is 9.74. The minimum absolute atomic E-state index is 0.281. The van der Waals surface area contributed by atoms with Gasteiger partial charge in [-0.2, -0.15) is 0 Å². The van der Waals surface area contributed by atoms with E-state index in [1.54, 1.807) is 26.1 Å². The number of pyridine rings is 1. The quantitative estimate of drug-likeness (QED) is 0.107. The molecular weight excluding hydrogens is 507 g/mol. The summed E-state index contributed by atoms with van der Waals surface area (Å²) in [6.45, 7) is 17.0. The van der Waals surface area contributed by atoms with Crippen LogP contribution in [0, 0.1) is 5.92 Å². The van der Waals surface area contributed by atoms with E-state index in [0.29, 0.717) is 23.4 Å². The number of aromatic nitrogens is 1. The number of hydrogen-bond acceptors (Lipinski definition) is 6. The molecule has 1 heterocycles. The lowest BCUT2D eigenvalue weighted by Gasteiger charge is -2.54. The Bertz CT molecular complexity index is 1130. The maximum absolute atomic E-state index is 12.9. The van der Waals surface area contributed by atoms with Gasteiger partial charge in [0.1, 0.15) is 5.70 Å². The third-order valence-electron chi connectivity index (χ3n) is 6.96. The van der Waals surface area contributed by atoms with Crippen molar-refractivity contribution in [1.82, 2.24) is 9.88 Å². The standard InChI is InChI=1S/C30H40F3N3O3/c1-7-12-25(26(37)9-3)36(20-22(6)23-16-27(28(34)35-19-23)39-30(31,32)33)29(10-4)17-24(18-29)21(5)13-11-15-38-14-8-2/h7,9,16,19-20,24H,3,5,8,10-11,13-15,17-18H2,1-2,4,6H3,(H2,34,35)/b22-20+. The first-order valence-electron chi connectivity index (χ1n) is 13.2. The Kier molecular flexibility index (Phi) is 11.6. The van der Waals surface area contributed by atoms with Gasteiger partial charge in [-0.05, 0) is 82.1 Å². The molecule has 2 rings (SSSR count). The van der Waals surface area contributed by atoms with Crippen LogP contribution in [0.3, 0.4) is 0 Å². The maximum Gasteiger partial charge on any atom is 0.573 e. The number of nitrogen functional groups attached to an aromatic ring is 1. The molecule has 1 aliphatic carbocycles. The summed E-state index contributed by atoms with van der Waals surface area (Å²) in [6, 6.07) is 1.19. The monoisotopic (exact) mass is 547 g/mol. The molecule has 1 aromatic rings. The zero-order valence-corrected chi connectivity index (χ0v) is 23.4. The number of allylic oxidation sites excluding steroid dienone is 3. The Balaban J connectivity index is 2.41. The molecule has 0 bridgehead atoms. The third kappa shape index (κ3) is 8.60. The Morgan fingerprint density at radius 1 is 1.33 bits per heavy atom. The van der Waals surface area contributed by atoms with Gasteiger partial charge in [-0.3, -0.25) is 4.79 Å². The molecular formula is C30H40F3N3O3. The van der Waals surface area contributed by atoms with Crippen molar-refractivity contribution in [1.29, 1.82) is 0 Å². The Labute approximate surface area is 229 Å². The van der Waals surface area contributed by atoms with Crippen LogP contribution in [0.4, 0.5) is 19.0 Å². The van der Waals surface area contributed by atoms with Gasteiger partial charge in [0, 0.05) is 36.7 Å². The Morgan fingerprint density at radius 3 is 2.59 bits per heavy atom. The summed E-state index contributed by atoms with van der Waals surface area (Å²) >= 11 is 0. The third-order valence-corrected chi connectivity index (χ3v) is 6.96. The summed E-state index contributed by atoms with van der Waals surface area (Å²) in [5, 5.41) is 0. The largest absolute Gasteiger partial charge is 0.573 e. The molecule has 9 heteroatoms. The topological polar surface area (TPSA) is 77.7 Å². The molecule has 1 aromatic heterocycles. The first-order chi connectivity index (χ1) is 18.4. The van der Waals surface area contributed by atoms with Crippen LogP contribution in [0.5, 0.6) is 5.75 Å². The van der Waals surface area contributed by atoms with Crippen LogP contribution in [0.1, 0.15) is 71.8 Å². The van der Waals surface area contributed by atoms with Crippen LogP contribution in [-0.4, -0.2) is 40.8 Å². The Morgan fingerprint density at radius 2 is 2.03 bits per heavy atom. The number of nitrogens with zero attached hydrogens (tertiary/aromatic N) is 2. The number of nitrogens with two attached hydrogens (primary N) is 1. The molecule has 0 saturated heterocycles. The smallest absolute Gasteiger partial charge is 0.402 e. The van der Waals surface area contributed by atoms with Crippen molar-refractivity contribution in [3.8, 4) is 5.75 Å². The number of carbonyl (C=O) groups is 1. The number of ether oxygens (including phenoxy) is 2. The fourth-order valence-corrected chi connectivity index (χ4v) is 4.73. The first-order valence-corrected chi connectivity index (χ1v) is 13.2. The molecule has 0 spiro atoms. The van der Waals surface area contributed by atoms with Gasteiger partial charge >= 0.3 is 6.36 Å². The van der Waals surface area contributed by atoms with Crippen LogP contribution in [0.2, 0.25) is 0 Å². The lowest BCUT2D eigenvalue weighted by atomic mass is 9.62. The number of ketones is 1. The second-order valence-electron chi connectivity index (χ2n) is 9.74. The highest BCUT2D eigenvalue weighted by Gasteiger charge is 2.48. The van der Waals surface area contributed by atoms with Gasteiger partial charge in [0.25, 0.3) is 0 Å². The SMILES string of the molecule is C=CC(=O)C(=C=CC)N(/C=C(\C)c1cnc(N)c(OC(F)(F)F)c1)C1(CC)CC(C(=C)CCCOCCC)C1. The fourth-order valence-electron chi connectivity index (χ4n) is 4.73. The molecule has 0 aromatic carbocycles. The summed E-state index contributed by atoms with van der Waals surface area (Å²) in [7, 11) is 0. The van der Waals surface area contributed by atoms with Gasteiger partial charge in [-0.15, -0.1) is 13.2 Å². The van der Waals surface area contributed by atoms with Crippen molar-refractivity contribution in [2.24, 2.45) is 5.92 Å². The number of alkyl halides is 3. The van der Waals surface area contributed by atoms with Crippen LogP contribution >= 0.6 is 0 Å². The van der Waals surface area contributed by atoms with E-state index in [1.165, 1.54) is 18.3 Å². The number of carbonyl (C=O) groups excluding carboxylic acids is 1. The van der Waals surface area contributed by atoms with Crippen molar-refractivity contribution in [3.05, 3.63) is 66.3 Å². The van der Waals surface area contributed by atoms with E-state index < -0.39 is 17.7 Å². The molecule has 1 fully saturated rings. The Hall–Kier alpha value is -3.29. The minimum Gasteiger partial charge on any atom is -0.402 e. The summed E-state index contributed by atoms with van der Waals surface area (Å²) in [4.78, 5) is 18.7.